The molecule has 148 valence electrons. The van der Waals surface area contributed by atoms with Crippen LogP contribution in [0.2, 0.25) is 0 Å². The maximum absolute atomic E-state index is 12.4. The molecule has 0 radical (unpaired) electrons. The fourth-order valence-corrected chi connectivity index (χ4v) is 3.08. The Bertz CT molecular complexity index is 871. The molecule has 1 atom stereocenters. The average molecular weight is 385 g/mol. The van der Waals surface area contributed by atoms with E-state index in [1.165, 1.54) is 7.11 Å². The van der Waals surface area contributed by atoms with Crippen molar-refractivity contribution in [2.75, 3.05) is 38.1 Å². The minimum atomic E-state index is -0.409. The van der Waals surface area contributed by atoms with Gasteiger partial charge in [0, 0.05) is 30.8 Å². The summed E-state index contributed by atoms with van der Waals surface area (Å²) in [6.07, 6.45) is 0.227. The number of nitrogens with zero attached hydrogens (tertiary/aromatic N) is 1. The van der Waals surface area contributed by atoms with Crippen LogP contribution in [0.1, 0.15) is 6.42 Å². The smallest absolute Gasteiger partial charge is 0.319 e. The van der Waals surface area contributed by atoms with Gasteiger partial charge in [-0.25, -0.2) is 4.79 Å². The second kappa shape index (κ2) is 8.51. The Kier molecular flexibility index (Phi) is 5.88. The molecule has 0 spiro atoms. The van der Waals surface area contributed by atoms with Gasteiger partial charge in [0.15, 0.2) is 0 Å². The number of methoxy groups -OCH3 is 3. The molecular formula is C20H23N3O5. The molecule has 1 aliphatic heterocycles. The lowest BCUT2D eigenvalue weighted by Crippen LogP contribution is -2.39. The van der Waals surface area contributed by atoms with Crippen molar-refractivity contribution in [1.82, 2.24) is 5.32 Å². The Morgan fingerprint density at radius 3 is 2.50 bits per heavy atom. The predicted octanol–water partition coefficient (Wildman–Crippen LogP) is 2.64. The van der Waals surface area contributed by atoms with E-state index in [2.05, 4.69) is 10.6 Å². The number of benzene rings is 2. The molecule has 0 bridgehead atoms. The van der Waals surface area contributed by atoms with Gasteiger partial charge in [-0.1, -0.05) is 6.07 Å². The number of carbonyl (C=O) groups excluding carboxylic acids is 2. The van der Waals surface area contributed by atoms with Crippen LogP contribution in [-0.2, 0) is 4.79 Å². The molecule has 1 saturated heterocycles. The van der Waals surface area contributed by atoms with Gasteiger partial charge in [-0.3, -0.25) is 4.79 Å². The minimum absolute atomic E-state index is 0.0550. The van der Waals surface area contributed by atoms with E-state index in [9.17, 15) is 9.59 Å². The number of hydrogen-bond donors (Lipinski definition) is 2. The van der Waals surface area contributed by atoms with E-state index >= 15 is 0 Å². The van der Waals surface area contributed by atoms with Crippen molar-refractivity contribution < 1.29 is 23.8 Å². The summed E-state index contributed by atoms with van der Waals surface area (Å²) in [5.41, 5.74) is 1.25. The van der Waals surface area contributed by atoms with Gasteiger partial charge in [0.2, 0.25) is 5.91 Å². The Morgan fingerprint density at radius 1 is 1.04 bits per heavy atom. The molecule has 8 nitrogen and oxygen atoms in total. The molecule has 0 saturated carbocycles. The Labute approximate surface area is 163 Å². The van der Waals surface area contributed by atoms with Crippen LogP contribution in [-0.4, -0.2) is 45.9 Å². The van der Waals surface area contributed by atoms with Crippen molar-refractivity contribution in [3.63, 3.8) is 0 Å². The molecule has 1 aliphatic rings. The molecule has 2 N–H and O–H groups in total. The number of nitrogens with one attached hydrogen (secondary N) is 2. The Balaban J connectivity index is 1.63. The standard InChI is InChI=1S/C20H23N3O5/c1-26-15-6-4-5-14(10-15)23-12-13(9-19(23)24)21-20(25)22-17-8-7-16(27-2)11-18(17)28-3/h4-8,10-11,13H,9,12H2,1-3H3,(H2,21,22,25)/t13-/m1/s1. The highest BCUT2D eigenvalue weighted by Gasteiger charge is 2.31. The van der Waals surface area contributed by atoms with Crippen LogP contribution >= 0.6 is 0 Å². The molecule has 1 fully saturated rings. The number of ether oxygens (including phenoxy) is 3. The van der Waals surface area contributed by atoms with E-state index in [4.69, 9.17) is 14.2 Å². The summed E-state index contributed by atoms with van der Waals surface area (Å²) in [6.45, 7) is 0.388. The minimum Gasteiger partial charge on any atom is -0.497 e. The molecule has 0 unspecified atom stereocenters. The summed E-state index contributed by atoms with van der Waals surface area (Å²) < 4.78 is 15.6. The number of anilines is 2. The molecule has 2 aromatic carbocycles. The topological polar surface area (TPSA) is 89.1 Å². The van der Waals surface area contributed by atoms with E-state index < -0.39 is 6.03 Å². The lowest BCUT2D eigenvalue weighted by atomic mass is 10.2. The normalized spacial score (nSPS) is 15.9. The van der Waals surface area contributed by atoms with Crippen LogP contribution in [0.15, 0.2) is 42.5 Å². The highest BCUT2D eigenvalue weighted by Crippen LogP contribution is 2.29. The van der Waals surface area contributed by atoms with Crippen molar-refractivity contribution in [1.29, 1.82) is 0 Å². The molecule has 2 aromatic rings. The zero-order valence-electron chi connectivity index (χ0n) is 16.0. The monoisotopic (exact) mass is 385 g/mol. The number of hydrogen-bond acceptors (Lipinski definition) is 5. The van der Waals surface area contributed by atoms with Gasteiger partial charge in [-0.2, -0.15) is 0 Å². The third-order valence-corrected chi connectivity index (χ3v) is 4.48. The predicted molar refractivity (Wildman–Crippen MR) is 105 cm³/mol. The SMILES string of the molecule is COc1cccc(N2C[C@H](NC(=O)Nc3ccc(OC)cc3OC)CC2=O)c1. The first-order valence-electron chi connectivity index (χ1n) is 8.78. The van der Waals surface area contributed by atoms with E-state index in [0.717, 1.165) is 5.69 Å². The maximum Gasteiger partial charge on any atom is 0.319 e. The van der Waals surface area contributed by atoms with Gasteiger partial charge < -0.3 is 29.7 Å². The Hall–Kier alpha value is -3.42. The molecule has 8 heteroatoms. The van der Waals surface area contributed by atoms with Gasteiger partial charge in [0.25, 0.3) is 0 Å². The van der Waals surface area contributed by atoms with Crippen LogP contribution in [0.3, 0.4) is 0 Å². The highest BCUT2D eigenvalue weighted by atomic mass is 16.5. The highest BCUT2D eigenvalue weighted by molar-refractivity contribution is 5.98. The number of urea groups is 1. The van der Waals surface area contributed by atoms with E-state index in [1.54, 1.807) is 43.4 Å². The van der Waals surface area contributed by atoms with Crippen molar-refractivity contribution >= 4 is 23.3 Å². The van der Waals surface area contributed by atoms with Crippen LogP contribution in [0.4, 0.5) is 16.2 Å². The fourth-order valence-electron chi connectivity index (χ4n) is 3.08. The lowest BCUT2D eigenvalue weighted by Gasteiger charge is -2.18. The summed E-state index contributed by atoms with van der Waals surface area (Å²) in [5, 5.41) is 5.58. The first-order chi connectivity index (χ1) is 13.5. The zero-order chi connectivity index (χ0) is 20.1. The van der Waals surface area contributed by atoms with Crippen LogP contribution in [0.25, 0.3) is 0 Å². The number of rotatable bonds is 6. The summed E-state index contributed by atoms with van der Waals surface area (Å²) in [5.74, 6) is 1.72. The third kappa shape index (κ3) is 4.28. The molecule has 0 aliphatic carbocycles. The van der Waals surface area contributed by atoms with Crippen molar-refractivity contribution in [3.05, 3.63) is 42.5 Å². The second-order valence-corrected chi connectivity index (χ2v) is 6.27. The van der Waals surface area contributed by atoms with Gasteiger partial charge in [-0.05, 0) is 24.3 Å². The van der Waals surface area contributed by atoms with Gasteiger partial charge in [0.05, 0.1) is 33.1 Å². The number of amides is 3. The first-order valence-corrected chi connectivity index (χ1v) is 8.78. The largest absolute Gasteiger partial charge is 0.497 e. The average Bonchev–Trinajstić information content (AvgIpc) is 3.08. The zero-order valence-corrected chi connectivity index (χ0v) is 16.0. The molecule has 28 heavy (non-hydrogen) atoms. The van der Waals surface area contributed by atoms with Crippen molar-refractivity contribution in [2.45, 2.75) is 12.5 Å². The first kappa shape index (κ1) is 19.3. The molecular weight excluding hydrogens is 362 g/mol. The van der Waals surface area contributed by atoms with Crippen molar-refractivity contribution in [2.24, 2.45) is 0 Å². The quantitative estimate of drug-likeness (QED) is 0.798. The van der Waals surface area contributed by atoms with E-state index in [0.29, 0.717) is 29.5 Å². The van der Waals surface area contributed by atoms with Crippen molar-refractivity contribution in [3.8, 4) is 17.2 Å². The van der Waals surface area contributed by atoms with Crippen LogP contribution in [0, 0.1) is 0 Å². The molecule has 3 rings (SSSR count). The number of carbonyl (C=O) groups is 2. The summed E-state index contributed by atoms with van der Waals surface area (Å²) in [4.78, 5) is 26.4. The molecule has 1 heterocycles. The van der Waals surface area contributed by atoms with Crippen LogP contribution in [0.5, 0.6) is 17.2 Å². The lowest BCUT2D eigenvalue weighted by molar-refractivity contribution is -0.117. The maximum atomic E-state index is 12.4. The summed E-state index contributed by atoms with van der Waals surface area (Å²) >= 11 is 0. The second-order valence-electron chi connectivity index (χ2n) is 6.27. The Morgan fingerprint density at radius 2 is 1.79 bits per heavy atom. The van der Waals surface area contributed by atoms with E-state index in [-0.39, 0.29) is 18.4 Å². The summed E-state index contributed by atoms with van der Waals surface area (Å²) in [7, 11) is 4.65. The molecule has 0 aromatic heterocycles. The third-order valence-electron chi connectivity index (χ3n) is 4.48. The molecule has 3 amide bonds. The van der Waals surface area contributed by atoms with E-state index in [1.807, 2.05) is 18.2 Å². The van der Waals surface area contributed by atoms with Gasteiger partial charge in [0.1, 0.15) is 17.2 Å². The van der Waals surface area contributed by atoms with Gasteiger partial charge in [-0.15, -0.1) is 0 Å². The van der Waals surface area contributed by atoms with Gasteiger partial charge >= 0.3 is 6.03 Å². The van der Waals surface area contributed by atoms with Crippen LogP contribution < -0.4 is 29.7 Å². The fraction of sp³-hybridized carbons (Fsp3) is 0.300. The summed E-state index contributed by atoms with van der Waals surface area (Å²) in [6, 6.07) is 11.7.